The molecule has 4 fully saturated rings. The Morgan fingerprint density at radius 2 is 1.74 bits per heavy atom. The SMILES string of the molecule is C[C@H](CCC(=O)[O-])[C@H]1CC[C@H]2[C@@H]3CC[C@H]4C[C@H](O)CC[C@]4(C)[C@@H]3CC[C@]12C. The topological polar surface area (TPSA) is 60.4 Å². The molecule has 0 heterocycles. The highest BCUT2D eigenvalue weighted by Gasteiger charge is 2.60. The van der Waals surface area contributed by atoms with Gasteiger partial charge in [-0.05, 0) is 117 Å². The third kappa shape index (κ3) is 3.16. The second-order valence-electron chi connectivity index (χ2n) is 11.2. The molecule has 0 spiro atoms. The van der Waals surface area contributed by atoms with Gasteiger partial charge in [-0.25, -0.2) is 0 Å². The first-order valence-corrected chi connectivity index (χ1v) is 11.6. The highest BCUT2D eigenvalue weighted by Crippen LogP contribution is 2.68. The largest absolute Gasteiger partial charge is 0.550 e. The summed E-state index contributed by atoms with van der Waals surface area (Å²) in [5, 5.41) is 21.1. The third-order valence-electron chi connectivity index (χ3n) is 10.2. The Morgan fingerprint density at radius 1 is 1.04 bits per heavy atom. The zero-order chi connectivity index (χ0) is 19.4. The van der Waals surface area contributed by atoms with E-state index in [9.17, 15) is 15.0 Å². The summed E-state index contributed by atoms with van der Waals surface area (Å²) in [4.78, 5) is 10.9. The van der Waals surface area contributed by atoms with Crippen molar-refractivity contribution in [2.45, 2.75) is 97.5 Å². The molecule has 0 aromatic rings. The number of hydrogen-bond donors (Lipinski definition) is 1. The van der Waals surface area contributed by atoms with Crippen molar-refractivity contribution in [3.05, 3.63) is 0 Å². The fraction of sp³-hybridized carbons (Fsp3) is 0.958. The van der Waals surface area contributed by atoms with E-state index in [1.165, 1.54) is 44.9 Å². The molecule has 0 radical (unpaired) electrons. The molecule has 3 heteroatoms. The zero-order valence-electron chi connectivity index (χ0n) is 17.6. The Labute approximate surface area is 165 Å². The highest BCUT2D eigenvalue weighted by molar-refractivity contribution is 5.64. The fourth-order valence-corrected chi connectivity index (χ4v) is 8.76. The molecule has 3 nitrogen and oxygen atoms in total. The molecular weight excluding hydrogens is 336 g/mol. The number of carboxylic acid groups (broad SMARTS) is 1. The quantitative estimate of drug-likeness (QED) is 0.802. The summed E-state index contributed by atoms with van der Waals surface area (Å²) in [6.07, 6.45) is 12.2. The predicted octanol–water partition coefficient (Wildman–Crippen LogP) is 4.17. The van der Waals surface area contributed by atoms with Gasteiger partial charge < -0.3 is 15.0 Å². The molecule has 0 unspecified atom stereocenters. The number of carboxylic acids is 1. The maximum absolute atomic E-state index is 10.9. The van der Waals surface area contributed by atoms with Gasteiger partial charge in [0.1, 0.15) is 0 Å². The lowest BCUT2D eigenvalue weighted by Crippen LogP contribution is -2.54. The van der Waals surface area contributed by atoms with Gasteiger partial charge in [-0.1, -0.05) is 20.8 Å². The number of hydrogen-bond acceptors (Lipinski definition) is 3. The van der Waals surface area contributed by atoms with Gasteiger partial charge in [-0.3, -0.25) is 0 Å². The summed E-state index contributed by atoms with van der Waals surface area (Å²) in [5.74, 6) is 3.55. The molecule has 4 aliphatic rings. The minimum absolute atomic E-state index is 0.0612. The van der Waals surface area contributed by atoms with Crippen LogP contribution in [0.25, 0.3) is 0 Å². The van der Waals surface area contributed by atoms with Crippen LogP contribution in [0.4, 0.5) is 0 Å². The van der Waals surface area contributed by atoms with Gasteiger partial charge in [0.25, 0.3) is 0 Å². The van der Waals surface area contributed by atoms with E-state index in [4.69, 9.17) is 0 Å². The number of carbonyl (C=O) groups excluding carboxylic acids is 1. The Balaban J connectivity index is 1.51. The lowest BCUT2D eigenvalue weighted by atomic mass is 9.44. The van der Waals surface area contributed by atoms with Crippen LogP contribution in [0, 0.1) is 46.3 Å². The van der Waals surface area contributed by atoms with E-state index in [-0.39, 0.29) is 12.5 Å². The molecule has 0 amide bonds. The van der Waals surface area contributed by atoms with Crippen LogP contribution in [0.15, 0.2) is 0 Å². The smallest absolute Gasteiger partial charge is 0.0543 e. The highest BCUT2D eigenvalue weighted by atomic mass is 16.4. The lowest BCUT2D eigenvalue weighted by Gasteiger charge is -2.61. The van der Waals surface area contributed by atoms with Crippen molar-refractivity contribution in [1.29, 1.82) is 0 Å². The van der Waals surface area contributed by atoms with Gasteiger partial charge in [0.05, 0.1) is 6.10 Å². The monoisotopic (exact) mass is 375 g/mol. The van der Waals surface area contributed by atoms with Gasteiger partial charge in [0, 0.05) is 5.97 Å². The van der Waals surface area contributed by atoms with Gasteiger partial charge in [-0.15, -0.1) is 0 Å². The van der Waals surface area contributed by atoms with E-state index >= 15 is 0 Å². The van der Waals surface area contributed by atoms with Crippen molar-refractivity contribution in [2.75, 3.05) is 0 Å². The summed E-state index contributed by atoms with van der Waals surface area (Å²) in [6, 6.07) is 0. The maximum Gasteiger partial charge on any atom is 0.0543 e. The molecule has 154 valence electrons. The third-order valence-corrected chi connectivity index (χ3v) is 10.2. The number of fused-ring (bicyclic) bond motifs is 5. The zero-order valence-corrected chi connectivity index (χ0v) is 17.6. The summed E-state index contributed by atoms with van der Waals surface area (Å²) in [6.45, 7) is 7.38. The standard InChI is InChI=1S/C24H40O3/c1-15(4-9-22(26)27)19-7-8-20-18-6-5-16-14-17(25)10-12-23(16,2)21(18)11-13-24(19,20)3/h15-21,25H,4-14H2,1-3H3,(H,26,27)/p-1/t15-,16+,17-,18+,19-,20+,21-,23+,24-/m1/s1. The second kappa shape index (κ2) is 7.04. The van der Waals surface area contributed by atoms with Crippen LogP contribution >= 0.6 is 0 Å². The van der Waals surface area contributed by atoms with Crippen molar-refractivity contribution in [3.63, 3.8) is 0 Å². The van der Waals surface area contributed by atoms with Gasteiger partial charge in [0.2, 0.25) is 0 Å². The summed E-state index contributed by atoms with van der Waals surface area (Å²) in [5.41, 5.74) is 0.853. The molecule has 0 aliphatic heterocycles. The average molecular weight is 376 g/mol. The molecule has 9 atom stereocenters. The predicted molar refractivity (Wildman–Crippen MR) is 105 cm³/mol. The van der Waals surface area contributed by atoms with Crippen LogP contribution in [0.5, 0.6) is 0 Å². The molecule has 1 N–H and O–H groups in total. The molecule has 0 aromatic carbocycles. The van der Waals surface area contributed by atoms with Crippen molar-refractivity contribution in [3.8, 4) is 0 Å². The lowest BCUT2D eigenvalue weighted by molar-refractivity contribution is -0.306. The summed E-state index contributed by atoms with van der Waals surface area (Å²) in [7, 11) is 0. The molecular formula is C24H39O3-. The van der Waals surface area contributed by atoms with Crippen LogP contribution in [0.2, 0.25) is 0 Å². The maximum atomic E-state index is 10.9. The van der Waals surface area contributed by atoms with Gasteiger partial charge >= 0.3 is 0 Å². The molecule has 0 bridgehead atoms. The molecule has 0 saturated heterocycles. The first-order valence-electron chi connectivity index (χ1n) is 11.6. The van der Waals surface area contributed by atoms with Crippen molar-refractivity contribution in [1.82, 2.24) is 0 Å². The van der Waals surface area contributed by atoms with Crippen LogP contribution in [0.3, 0.4) is 0 Å². The molecule has 27 heavy (non-hydrogen) atoms. The first kappa shape index (κ1) is 19.7. The molecule has 4 aliphatic carbocycles. The fourth-order valence-electron chi connectivity index (χ4n) is 8.76. The Hall–Kier alpha value is -0.570. The molecule has 4 saturated carbocycles. The Bertz CT molecular complexity index is 574. The van der Waals surface area contributed by atoms with E-state index < -0.39 is 5.97 Å². The molecule has 0 aromatic heterocycles. The minimum Gasteiger partial charge on any atom is -0.550 e. The van der Waals surface area contributed by atoms with Gasteiger partial charge in [-0.2, -0.15) is 0 Å². The van der Waals surface area contributed by atoms with Crippen molar-refractivity contribution in [2.24, 2.45) is 46.3 Å². The van der Waals surface area contributed by atoms with E-state index in [1.54, 1.807) is 0 Å². The Morgan fingerprint density at radius 3 is 2.48 bits per heavy atom. The van der Waals surface area contributed by atoms with E-state index in [1.807, 2.05) is 0 Å². The van der Waals surface area contributed by atoms with E-state index in [0.717, 1.165) is 42.9 Å². The van der Waals surface area contributed by atoms with Crippen molar-refractivity contribution >= 4 is 5.97 Å². The number of aliphatic hydroxyl groups is 1. The normalized spacial score (nSPS) is 50.4. The number of carbonyl (C=O) groups is 1. The number of aliphatic carboxylic acids is 1. The van der Waals surface area contributed by atoms with Gasteiger partial charge in [0.15, 0.2) is 0 Å². The van der Waals surface area contributed by atoms with Crippen molar-refractivity contribution < 1.29 is 15.0 Å². The number of aliphatic hydroxyl groups excluding tert-OH is 1. The first-order chi connectivity index (χ1) is 12.8. The average Bonchev–Trinajstić information content (AvgIpc) is 2.97. The van der Waals surface area contributed by atoms with Crippen LogP contribution in [-0.2, 0) is 4.79 Å². The van der Waals surface area contributed by atoms with E-state index in [0.29, 0.717) is 22.7 Å². The van der Waals surface area contributed by atoms with Crippen LogP contribution < -0.4 is 5.11 Å². The van der Waals surface area contributed by atoms with Crippen LogP contribution in [0.1, 0.15) is 91.4 Å². The molecule has 4 rings (SSSR count). The Kier molecular flexibility index (Phi) is 5.15. The summed E-state index contributed by atoms with van der Waals surface area (Å²) >= 11 is 0. The summed E-state index contributed by atoms with van der Waals surface area (Å²) < 4.78 is 0. The van der Waals surface area contributed by atoms with E-state index in [2.05, 4.69) is 20.8 Å². The van der Waals surface area contributed by atoms with Crippen LogP contribution in [-0.4, -0.2) is 17.2 Å². The second-order valence-corrected chi connectivity index (χ2v) is 11.2. The minimum atomic E-state index is -0.893. The number of rotatable bonds is 4.